The Hall–Kier alpha value is -2.49. The topological polar surface area (TPSA) is 26.3 Å². The predicted molar refractivity (Wildman–Crippen MR) is 127 cm³/mol. The Morgan fingerprint density at radius 2 is 1.79 bits per heavy atom. The maximum absolute atomic E-state index is 15.0. The molecule has 4 heteroatoms. The van der Waals surface area contributed by atoms with E-state index >= 15 is 4.39 Å². The first-order valence-corrected chi connectivity index (χ1v) is 12.3. The van der Waals surface area contributed by atoms with Crippen LogP contribution in [0, 0.1) is 36.3 Å². The van der Waals surface area contributed by atoms with Crippen molar-refractivity contribution in [3.63, 3.8) is 0 Å². The molecule has 2 nitrogen and oxygen atoms in total. The van der Waals surface area contributed by atoms with Crippen LogP contribution in [0.1, 0.15) is 85.7 Å². The molecule has 0 spiro atoms. The van der Waals surface area contributed by atoms with Crippen molar-refractivity contribution in [2.24, 2.45) is 17.8 Å². The zero-order chi connectivity index (χ0) is 23.4. The van der Waals surface area contributed by atoms with E-state index in [1.807, 2.05) is 0 Å². The molecular formula is C29H34F2O2. The molecule has 0 bridgehead atoms. The van der Waals surface area contributed by atoms with Crippen molar-refractivity contribution in [3.05, 3.63) is 76.9 Å². The fourth-order valence-corrected chi connectivity index (χ4v) is 5.82. The van der Waals surface area contributed by atoms with Gasteiger partial charge in [-0.3, -0.25) is 0 Å². The quantitative estimate of drug-likeness (QED) is 0.251. The second kappa shape index (κ2) is 10.6. The maximum atomic E-state index is 15.0. The highest BCUT2D eigenvalue weighted by Crippen LogP contribution is 2.48. The zero-order valence-electron chi connectivity index (χ0n) is 19.7. The molecule has 2 fully saturated rings. The number of carbonyl (C=O) groups is 1. The van der Waals surface area contributed by atoms with E-state index in [0.717, 1.165) is 31.1 Å². The van der Waals surface area contributed by atoms with Gasteiger partial charge in [-0.2, -0.15) is 0 Å². The average molecular weight is 453 g/mol. The molecule has 0 aromatic heterocycles. The molecule has 33 heavy (non-hydrogen) atoms. The summed E-state index contributed by atoms with van der Waals surface area (Å²) in [5, 5.41) is 0. The Kier molecular flexibility index (Phi) is 7.62. The van der Waals surface area contributed by atoms with Crippen LogP contribution in [0.5, 0.6) is 5.75 Å². The molecule has 2 aromatic rings. The fourth-order valence-electron chi connectivity index (χ4n) is 5.82. The summed E-state index contributed by atoms with van der Waals surface area (Å²) in [7, 11) is 0. The fraction of sp³-hybridized carbons (Fsp3) is 0.483. The van der Waals surface area contributed by atoms with Gasteiger partial charge in [0.1, 0.15) is 17.4 Å². The van der Waals surface area contributed by atoms with Crippen LogP contribution in [-0.2, 0) is 0 Å². The molecular weight excluding hydrogens is 418 g/mol. The van der Waals surface area contributed by atoms with Gasteiger partial charge < -0.3 is 4.74 Å². The van der Waals surface area contributed by atoms with Gasteiger partial charge in [0.2, 0.25) is 0 Å². The lowest BCUT2D eigenvalue weighted by molar-refractivity contribution is 0.0733. The predicted octanol–water partition coefficient (Wildman–Crippen LogP) is 8.15. The lowest BCUT2D eigenvalue weighted by atomic mass is 9.63. The molecule has 176 valence electrons. The lowest BCUT2D eigenvalue weighted by Crippen LogP contribution is -2.30. The first-order chi connectivity index (χ1) is 15.9. The van der Waals surface area contributed by atoms with E-state index in [1.165, 1.54) is 50.3 Å². The number of aryl methyl sites for hydroxylation is 1. The van der Waals surface area contributed by atoms with Crippen molar-refractivity contribution in [2.45, 2.75) is 71.1 Å². The van der Waals surface area contributed by atoms with Crippen LogP contribution >= 0.6 is 0 Å². The molecule has 4 unspecified atom stereocenters. The number of esters is 1. The summed E-state index contributed by atoms with van der Waals surface area (Å²) in [4.78, 5) is 12.4. The minimum atomic E-state index is -0.677. The number of hydrogen-bond donors (Lipinski definition) is 0. The highest BCUT2D eigenvalue weighted by atomic mass is 19.1. The molecule has 0 radical (unpaired) electrons. The number of allylic oxidation sites excluding steroid dienone is 2. The van der Waals surface area contributed by atoms with E-state index in [0.29, 0.717) is 17.0 Å². The van der Waals surface area contributed by atoms with Gasteiger partial charge in [-0.1, -0.05) is 30.7 Å². The van der Waals surface area contributed by atoms with Gasteiger partial charge in [0.15, 0.2) is 0 Å². The van der Waals surface area contributed by atoms with E-state index in [4.69, 9.17) is 4.74 Å². The molecule has 0 amide bonds. The highest BCUT2D eigenvalue weighted by molar-refractivity contribution is 5.91. The summed E-state index contributed by atoms with van der Waals surface area (Å²) in [5.74, 6) is 1.16. The largest absolute Gasteiger partial charge is 0.423 e. The van der Waals surface area contributed by atoms with Gasteiger partial charge in [0.25, 0.3) is 0 Å². The van der Waals surface area contributed by atoms with Crippen LogP contribution in [0.25, 0.3) is 0 Å². The normalized spacial score (nSPS) is 25.1. The summed E-state index contributed by atoms with van der Waals surface area (Å²) in [5.41, 5.74) is 1.33. The minimum absolute atomic E-state index is 0.118. The van der Waals surface area contributed by atoms with Gasteiger partial charge in [-0.05, 0) is 112 Å². The Morgan fingerprint density at radius 3 is 2.55 bits per heavy atom. The summed E-state index contributed by atoms with van der Waals surface area (Å²) in [6.07, 6.45) is 13.9. The van der Waals surface area contributed by atoms with Crippen molar-refractivity contribution in [2.75, 3.05) is 0 Å². The Balaban J connectivity index is 1.36. The molecule has 0 N–H and O–H groups in total. The highest BCUT2D eigenvalue weighted by Gasteiger charge is 2.36. The van der Waals surface area contributed by atoms with E-state index in [-0.39, 0.29) is 23.0 Å². The van der Waals surface area contributed by atoms with Crippen LogP contribution in [0.3, 0.4) is 0 Å². The van der Waals surface area contributed by atoms with Gasteiger partial charge >= 0.3 is 5.97 Å². The van der Waals surface area contributed by atoms with E-state index < -0.39 is 11.8 Å². The SMILES string of the molecule is C/C=C/CCC1CCC2CC(c3ccc(C(=O)Oc4ccc(C)c(F)c4)cc3F)CCC2C1. The van der Waals surface area contributed by atoms with Gasteiger partial charge in [-0.25, -0.2) is 13.6 Å². The number of hydrogen-bond acceptors (Lipinski definition) is 2. The van der Waals surface area contributed by atoms with Gasteiger partial charge in [0, 0.05) is 6.07 Å². The van der Waals surface area contributed by atoms with Crippen molar-refractivity contribution in [1.29, 1.82) is 0 Å². The molecule has 2 aliphatic rings. The summed E-state index contributed by atoms with van der Waals surface area (Å²) in [6, 6.07) is 8.91. The average Bonchev–Trinajstić information content (AvgIpc) is 2.81. The Morgan fingerprint density at radius 1 is 1.00 bits per heavy atom. The van der Waals surface area contributed by atoms with Crippen molar-refractivity contribution in [3.8, 4) is 5.75 Å². The van der Waals surface area contributed by atoms with Crippen LogP contribution in [0.2, 0.25) is 0 Å². The van der Waals surface area contributed by atoms with Crippen LogP contribution in [0.4, 0.5) is 8.78 Å². The molecule has 4 atom stereocenters. The lowest BCUT2D eigenvalue weighted by Gasteiger charge is -2.42. The van der Waals surface area contributed by atoms with Gasteiger partial charge in [0.05, 0.1) is 5.56 Å². The molecule has 0 aliphatic heterocycles. The smallest absolute Gasteiger partial charge is 0.343 e. The summed E-state index contributed by atoms with van der Waals surface area (Å²) < 4.78 is 34.0. The summed E-state index contributed by atoms with van der Waals surface area (Å²) in [6.45, 7) is 3.72. The third kappa shape index (κ3) is 5.72. The third-order valence-corrected chi connectivity index (χ3v) is 7.73. The molecule has 0 saturated heterocycles. The molecule has 2 saturated carbocycles. The number of rotatable bonds is 6. The zero-order valence-corrected chi connectivity index (χ0v) is 19.7. The Labute approximate surface area is 196 Å². The van der Waals surface area contributed by atoms with Crippen molar-refractivity contribution < 1.29 is 18.3 Å². The molecule has 0 heterocycles. The van der Waals surface area contributed by atoms with Crippen molar-refractivity contribution in [1.82, 2.24) is 0 Å². The van der Waals surface area contributed by atoms with E-state index in [2.05, 4.69) is 19.1 Å². The monoisotopic (exact) mass is 452 g/mol. The molecule has 4 rings (SSSR count). The van der Waals surface area contributed by atoms with Crippen LogP contribution in [-0.4, -0.2) is 5.97 Å². The minimum Gasteiger partial charge on any atom is -0.423 e. The Bertz CT molecular complexity index is 1010. The number of carbonyl (C=O) groups excluding carboxylic acids is 1. The van der Waals surface area contributed by atoms with Crippen molar-refractivity contribution >= 4 is 5.97 Å². The number of benzene rings is 2. The second-order valence-electron chi connectivity index (χ2n) is 9.89. The first kappa shape index (κ1) is 23.7. The molecule has 2 aromatic carbocycles. The standard InChI is InChI=1S/C29H34F2O2/c1-3-4-5-6-20-8-9-22-16-23(11-10-21(22)15-20)26-14-12-24(17-28(26)31)29(32)33-25-13-7-19(2)27(30)18-25/h3-4,7,12-14,17-18,20-23H,5-6,8-11,15-16H2,1-2H3/b4-3+. The maximum Gasteiger partial charge on any atom is 0.343 e. The number of ether oxygens (including phenoxy) is 1. The number of halogens is 2. The van der Waals surface area contributed by atoms with Gasteiger partial charge in [-0.15, -0.1) is 0 Å². The van der Waals surface area contributed by atoms with E-state index in [9.17, 15) is 9.18 Å². The first-order valence-electron chi connectivity index (χ1n) is 12.3. The number of fused-ring (bicyclic) bond motifs is 1. The van der Waals surface area contributed by atoms with E-state index in [1.54, 1.807) is 25.1 Å². The second-order valence-corrected chi connectivity index (χ2v) is 9.89. The molecule has 2 aliphatic carbocycles. The summed E-state index contributed by atoms with van der Waals surface area (Å²) >= 11 is 0. The van der Waals surface area contributed by atoms with Crippen LogP contribution < -0.4 is 4.74 Å². The third-order valence-electron chi connectivity index (χ3n) is 7.73. The van der Waals surface area contributed by atoms with Crippen LogP contribution in [0.15, 0.2) is 48.6 Å².